The number of hydrogen-bond donors (Lipinski definition) is 2. The largest absolute Gasteiger partial charge is 0.394 e. The van der Waals surface area contributed by atoms with Crippen molar-refractivity contribution in [2.45, 2.75) is 52.0 Å². The minimum atomic E-state index is -0.840. The first-order chi connectivity index (χ1) is 13.3. The lowest BCUT2D eigenvalue weighted by Crippen LogP contribution is -2.35. The number of benzene rings is 1. The number of aliphatic hydroxyl groups excluding tert-OH is 2. The summed E-state index contributed by atoms with van der Waals surface area (Å²) in [4.78, 5) is 26.0. The van der Waals surface area contributed by atoms with E-state index in [4.69, 9.17) is 9.84 Å². The number of aryl methyl sites for hydroxylation is 1. The van der Waals surface area contributed by atoms with E-state index in [1.807, 2.05) is 6.07 Å². The summed E-state index contributed by atoms with van der Waals surface area (Å²) in [7, 11) is 0. The Morgan fingerprint density at radius 3 is 2.32 bits per heavy atom. The summed E-state index contributed by atoms with van der Waals surface area (Å²) in [6.07, 6.45) is 1.98. The molecule has 3 unspecified atom stereocenters. The van der Waals surface area contributed by atoms with E-state index in [0.29, 0.717) is 5.57 Å². The first-order valence-electron chi connectivity index (χ1n) is 9.10. The minimum absolute atomic E-state index is 0.185. The fourth-order valence-electron chi connectivity index (χ4n) is 2.61. The van der Waals surface area contributed by atoms with Crippen molar-refractivity contribution in [3.8, 4) is 0 Å². The van der Waals surface area contributed by atoms with E-state index in [-0.39, 0.29) is 24.7 Å². The second-order valence-corrected chi connectivity index (χ2v) is 6.84. The number of ether oxygens (including phenoxy) is 1. The predicted molar refractivity (Wildman–Crippen MR) is 112 cm³/mol. The van der Waals surface area contributed by atoms with Gasteiger partial charge in [-0.3, -0.25) is 14.5 Å². The molecule has 28 heavy (non-hydrogen) atoms. The Balaban J connectivity index is 0.000000406. The zero-order valence-corrected chi connectivity index (χ0v) is 18.0. The van der Waals surface area contributed by atoms with Crippen LogP contribution < -0.4 is 0 Å². The molecule has 1 aliphatic heterocycles. The lowest BCUT2D eigenvalue weighted by molar-refractivity contribution is -0.138. The van der Waals surface area contributed by atoms with Gasteiger partial charge in [0.1, 0.15) is 12.3 Å². The molecule has 6 nitrogen and oxygen atoms in total. The molecule has 0 spiro atoms. The molecule has 0 radical (unpaired) electrons. The van der Waals surface area contributed by atoms with Crippen LogP contribution in [-0.4, -0.2) is 51.8 Å². The molecule has 0 saturated carbocycles. The van der Waals surface area contributed by atoms with Crippen molar-refractivity contribution in [1.29, 1.82) is 0 Å². The molecule has 2 N–H and O–H groups in total. The zero-order valence-electron chi connectivity index (χ0n) is 16.4. The number of halogens is 1. The van der Waals surface area contributed by atoms with Gasteiger partial charge in [0.15, 0.2) is 5.78 Å². The predicted octanol–water partition coefficient (Wildman–Crippen LogP) is 2.93. The van der Waals surface area contributed by atoms with E-state index in [2.05, 4.69) is 47.1 Å². The van der Waals surface area contributed by atoms with Crippen LogP contribution in [0, 0.1) is 0 Å². The molecule has 2 rings (SSSR count). The maximum atomic E-state index is 11.7. The molecule has 1 aromatic carbocycles. The number of Topliss-reactive ketones (excluding diaryl/α,β-unsaturated/α-hetero) is 1. The molecule has 1 heterocycles. The van der Waals surface area contributed by atoms with Crippen LogP contribution in [0.25, 0.3) is 0 Å². The Bertz CT molecular complexity index is 689. The molecule has 1 fully saturated rings. The van der Waals surface area contributed by atoms with Gasteiger partial charge in [-0.05, 0) is 30.0 Å². The molecule has 1 saturated heterocycles. The second-order valence-electron chi connectivity index (χ2n) is 6.31. The molecular formula is C21H28BrNO5. The van der Waals surface area contributed by atoms with Crippen molar-refractivity contribution in [3.05, 3.63) is 58.7 Å². The lowest BCUT2D eigenvalue weighted by atomic mass is 10.1. The number of carbonyl (C=O) groups is 2. The number of hydrogen-bond acceptors (Lipinski definition) is 5. The SMILES string of the molecule is CC(=O)C(=C\N(C(C)=O)C1CC(O)C(CO)O1)/C=C/Br.CCc1ccccc1. The van der Waals surface area contributed by atoms with Gasteiger partial charge in [-0.15, -0.1) is 0 Å². The van der Waals surface area contributed by atoms with Gasteiger partial charge in [0.05, 0.1) is 12.7 Å². The quantitative estimate of drug-likeness (QED) is 0.510. The van der Waals surface area contributed by atoms with E-state index in [1.165, 1.54) is 41.6 Å². The summed E-state index contributed by atoms with van der Waals surface area (Å²) in [6.45, 7) is 4.56. The molecule has 7 heteroatoms. The van der Waals surface area contributed by atoms with Crippen LogP contribution in [0.3, 0.4) is 0 Å². The zero-order chi connectivity index (χ0) is 21.1. The minimum Gasteiger partial charge on any atom is -0.394 e. The number of rotatable bonds is 6. The summed E-state index contributed by atoms with van der Waals surface area (Å²) in [6, 6.07) is 10.5. The highest BCUT2D eigenvalue weighted by molar-refractivity contribution is 9.11. The first kappa shape index (κ1) is 24.2. The summed E-state index contributed by atoms with van der Waals surface area (Å²) in [5, 5.41) is 18.8. The molecule has 1 aliphatic rings. The van der Waals surface area contributed by atoms with Crippen LogP contribution in [0.5, 0.6) is 0 Å². The highest BCUT2D eigenvalue weighted by Gasteiger charge is 2.37. The summed E-state index contributed by atoms with van der Waals surface area (Å²) < 4.78 is 5.42. The molecule has 154 valence electrons. The van der Waals surface area contributed by atoms with Crippen molar-refractivity contribution in [3.63, 3.8) is 0 Å². The van der Waals surface area contributed by atoms with E-state index >= 15 is 0 Å². The monoisotopic (exact) mass is 453 g/mol. The normalized spacial score (nSPS) is 21.9. The average molecular weight is 454 g/mol. The summed E-state index contributed by atoms with van der Waals surface area (Å²) >= 11 is 3.08. The van der Waals surface area contributed by atoms with Gasteiger partial charge in [-0.2, -0.15) is 0 Å². The highest BCUT2D eigenvalue weighted by Crippen LogP contribution is 2.24. The van der Waals surface area contributed by atoms with Gasteiger partial charge in [0.2, 0.25) is 5.91 Å². The topological polar surface area (TPSA) is 87.1 Å². The number of amides is 1. The molecule has 0 bridgehead atoms. The molecule has 1 amide bonds. The van der Waals surface area contributed by atoms with Crippen LogP contribution in [0.4, 0.5) is 0 Å². The Hall–Kier alpha value is -1.80. The third kappa shape index (κ3) is 7.67. The lowest BCUT2D eigenvalue weighted by Gasteiger charge is -2.24. The highest BCUT2D eigenvalue weighted by atomic mass is 79.9. The Morgan fingerprint density at radius 2 is 1.93 bits per heavy atom. The smallest absolute Gasteiger partial charge is 0.225 e. The van der Waals surface area contributed by atoms with Gasteiger partial charge >= 0.3 is 0 Å². The Labute approximate surface area is 174 Å². The van der Waals surface area contributed by atoms with Crippen LogP contribution in [0.1, 0.15) is 32.8 Å². The standard InChI is InChI=1S/C13H18BrNO5.C8H10/c1-8(17)10(3-4-14)6-15(9(2)18)13-5-11(19)12(7-16)20-13;1-2-8-6-4-3-5-7-8/h3-4,6,11-13,16,19H,5,7H2,1-2H3;3-7H,2H2,1H3/b4-3+,10-6-;. The third-order valence-corrected chi connectivity index (χ3v) is 4.50. The van der Waals surface area contributed by atoms with Crippen molar-refractivity contribution < 1.29 is 24.5 Å². The molecule has 1 aromatic rings. The van der Waals surface area contributed by atoms with Crippen molar-refractivity contribution in [2.75, 3.05) is 6.61 Å². The number of aliphatic hydroxyl groups is 2. The van der Waals surface area contributed by atoms with Gasteiger partial charge in [-0.25, -0.2) is 0 Å². The number of allylic oxidation sites excluding steroid dienone is 2. The van der Waals surface area contributed by atoms with E-state index in [1.54, 1.807) is 0 Å². The number of nitrogens with zero attached hydrogens (tertiary/aromatic N) is 1. The van der Waals surface area contributed by atoms with E-state index < -0.39 is 18.4 Å². The molecule has 0 aromatic heterocycles. The molecule has 3 atom stereocenters. The fourth-order valence-corrected chi connectivity index (χ4v) is 2.89. The fraction of sp³-hybridized carbons (Fsp3) is 0.429. The van der Waals surface area contributed by atoms with Gasteiger partial charge in [0, 0.05) is 25.1 Å². The maximum absolute atomic E-state index is 11.7. The van der Waals surface area contributed by atoms with Crippen molar-refractivity contribution in [1.82, 2.24) is 4.90 Å². The van der Waals surface area contributed by atoms with Crippen LogP contribution in [-0.2, 0) is 20.7 Å². The van der Waals surface area contributed by atoms with Crippen LogP contribution in [0.15, 0.2) is 53.2 Å². The summed E-state index contributed by atoms with van der Waals surface area (Å²) in [5.74, 6) is -0.522. The van der Waals surface area contributed by atoms with Crippen LogP contribution >= 0.6 is 15.9 Å². The Morgan fingerprint density at radius 1 is 1.29 bits per heavy atom. The average Bonchev–Trinajstić information content (AvgIpc) is 3.06. The van der Waals surface area contributed by atoms with Gasteiger partial charge in [0.25, 0.3) is 0 Å². The van der Waals surface area contributed by atoms with E-state index in [9.17, 15) is 14.7 Å². The molecule has 0 aliphatic carbocycles. The Kier molecular flexibility index (Phi) is 10.9. The second kappa shape index (κ2) is 12.6. The maximum Gasteiger partial charge on any atom is 0.225 e. The van der Waals surface area contributed by atoms with Gasteiger partial charge < -0.3 is 14.9 Å². The first-order valence-corrected chi connectivity index (χ1v) is 10.0. The van der Waals surface area contributed by atoms with Crippen LogP contribution in [0.2, 0.25) is 0 Å². The number of carbonyl (C=O) groups excluding carboxylic acids is 2. The van der Waals surface area contributed by atoms with Gasteiger partial charge in [-0.1, -0.05) is 53.2 Å². The summed E-state index contributed by atoms with van der Waals surface area (Å²) in [5.41, 5.74) is 1.73. The van der Waals surface area contributed by atoms with E-state index in [0.717, 1.165) is 6.42 Å². The van der Waals surface area contributed by atoms with Crippen molar-refractivity contribution >= 4 is 27.6 Å². The van der Waals surface area contributed by atoms with Crippen molar-refractivity contribution in [2.24, 2.45) is 0 Å². The third-order valence-electron chi connectivity index (χ3n) is 4.24. The number of ketones is 1. The molecular weight excluding hydrogens is 426 g/mol.